The van der Waals surface area contributed by atoms with Crippen LogP contribution in [-0.2, 0) is 14.3 Å². The Labute approximate surface area is 139 Å². The molecule has 1 rings (SSSR count). The molecule has 124 valence electrons. The minimum Gasteiger partial charge on any atom is -0.465 e. The standard InChI is InChI=1S/C16H20N2O4S/c1-9-10(2)23-13(12(9)15(20)21-6)18-8-11(7-17)14(19)22-16(3,4)5/h8,18H,1-6H3/b11-8+. The number of nitriles is 1. The van der Waals surface area contributed by atoms with Crippen LogP contribution in [0, 0.1) is 25.2 Å². The Balaban J connectivity index is 3.08. The quantitative estimate of drug-likeness (QED) is 0.515. The summed E-state index contributed by atoms with van der Waals surface area (Å²) in [6, 6.07) is 1.79. The van der Waals surface area contributed by atoms with E-state index < -0.39 is 17.5 Å². The Morgan fingerprint density at radius 1 is 1.30 bits per heavy atom. The summed E-state index contributed by atoms with van der Waals surface area (Å²) in [6.07, 6.45) is 1.24. The van der Waals surface area contributed by atoms with Gasteiger partial charge in [-0.2, -0.15) is 5.26 Å². The van der Waals surface area contributed by atoms with Crippen molar-refractivity contribution in [2.24, 2.45) is 0 Å². The Kier molecular flexibility index (Phi) is 5.93. The summed E-state index contributed by atoms with van der Waals surface area (Å²) in [5.41, 5.74) is 0.320. The lowest BCUT2D eigenvalue weighted by atomic mass is 10.1. The molecule has 7 heteroatoms. The third-order valence-electron chi connectivity index (χ3n) is 2.86. The number of aryl methyl sites for hydroxylation is 1. The molecule has 0 saturated carbocycles. The third-order valence-corrected chi connectivity index (χ3v) is 4.00. The number of esters is 2. The summed E-state index contributed by atoms with van der Waals surface area (Å²) in [4.78, 5) is 24.7. The normalized spacial score (nSPS) is 11.6. The van der Waals surface area contributed by atoms with Crippen molar-refractivity contribution < 1.29 is 19.1 Å². The molecular formula is C16H20N2O4S. The van der Waals surface area contributed by atoms with Gasteiger partial charge in [0.05, 0.1) is 12.7 Å². The van der Waals surface area contributed by atoms with Crippen molar-refractivity contribution in [1.29, 1.82) is 5.26 Å². The molecule has 1 N–H and O–H groups in total. The van der Waals surface area contributed by atoms with Crippen molar-refractivity contribution in [3.05, 3.63) is 27.8 Å². The highest BCUT2D eigenvalue weighted by molar-refractivity contribution is 7.16. The summed E-state index contributed by atoms with van der Waals surface area (Å²) < 4.78 is 9.92. The smallest absolute Gasteiger partial charge is 0.350 e. The average Bonchev–Trinajstić information content (AvgIpc) is 2.72. The number of thiophene rings is 1. The molecule has 0 atom stereocenters. The van der Waals surface area contributed by atoms with Crippen molar-refractivity contribution in [3.8, 4) is 6.07 Å². The van der Waals surface area contributed by atoms with Gasteiger partial charge >= 0.3 is 11.9 Å². The van der Waals surface area contributed by atoms with E-state index >= 15 is 0 Å². The Morgan fingerprint density at radius 3 is 2.39 bits per heavy atom. The van der Waals surface area contributed by atoms with Gasteiger partial charge in [-0.1, -0.05) is 0 Å². The van der Waals surface area contributed by atoms with Gasteiger partial charge in [0.1, 0.15) is 16.7 Å². The summed E-state index contributed by atoms with van der Waals surface area (Å²) in [5, 5.41) is 12.5. The van der Waals surface area contributed by atoms with E-state index in [-0.39, 0.29) is 5.57 Å². The van der Waals surface area contributed by atoms with Crippen molar-refractivity contribution in [2.75, 3.05) is 12.4 Å². The van der Waals surface area contributed by atoms with Crippen LogP contribution in [0.25, 0.3) is 0 Å². The number of hydrogen-bond donors (Lipinski definition) is 1. The van der Waals surface area contributed by atoms with Crippen LogP contribution in [0.4, 0.5) is 5.00 Å². The van der Waals surface area contributed by atoms with Crippen LogP contribution in [0.15, 0.2) is 11.8 Å². The number of ether oxygens (including phenoxy) is 2. The monoisotopic (exact) mass is 336 g/mol. The van der Waals surface area contributed by atoms with Gasteiger partial charge in [0.15, 0.2) is 5.57 Å². The van der Waals surface area contributed by atoms with E-state index in [0.29, 0.717) is 10.6 Å². The predicted octanol–water partition coefficient (Wildman–Crippen LogP) is 3.31. The van der Waals surface area contributed by atoms with Gasteiger partial charge in [0, 0.05) is 11.1 Å². The first-order valence-electron chi connectivity index (χ1n) is 6.89. The molecule has 0 aliphatic carbocycles. The summed E-state index contributed by atoms with van der Waals surface area (Å²) >= 11 is 1.34. The van der Waals surface area contributed by atoms with Gasteiger partial charge in [0.2, 0.25) is 0 Å². The molecule has 1 heterocycles. The second kappa shape index (κ2) is 7.29. The highest BCUT2D eigenvalue weighted by Gasteiger charge is 2.22. The number of anilines is 1. The van der Waals surface area contributed by atoms with E-state index in [2.05, 4.69) is 5.32 Å². The predicted molar refractivity (Wildman–Crippen MR) is 88.3 cm³/mol. The van der Waals surface area contributed by atoms with Gasteiger partial charge in [-0.05, 0) is 40.2 Å². The van der Waals surface area contributed by atoms with Crippen LogP contribution >= 0.6 is 11.3 Å². The van der Waals surface area contributed by atoms with Crippen LogP contribution in [0.5, 0.6) is 0 Å². The molecular weight excluding hydrogens is 316 g/mol. The first-order chi connectivity index (χ1) is 10.6. The summed E-state index contributed by atoms with van der Waals surface area (Å²) in [6.45, 7) is 8.84. The maximum Gasteiger partial charge on any atom is 0.350 e. The van der Waals surface area contributed by atoms with Crippen molar-refractivity contribution >= 4 is 28.3 Å². The summed E-state index contributed by atoms with van der Waals surface area (Å²) in [7, 11) is 1.30. The molecule has 1 aromatic heterocycles. The Morgan fingerprint density at radius 2 is 1.91 bits per heavy atom. The third kappa shape index (κ3) is 4.83. The van der Waals surface area contributed by atoms with Crippen LogP contribution in [0.3, 0.4) is 0 Å². The van der Waals surface area contributed by atoms with E-state index in [1.165, 1.54) is 24.6 Å². The zero-order valence-corrected chi connectivity index (χ0v) is 14.9. The van der Waals surface area contributed by atoms with Crippen molar-refractivity contribution in [2.45, 2.75) is 40.2 Å². The Bertz CT molecular complexity index is 690. The Hall–Kier alpha value is -2.33. The number of rotatable bonds is 4. The van der Waals surface area contributed by atoms with E-state index in [9.17, 15) is 9.59 Å². The first-order valence-corrected chi connectivity index (χ1v) is 7.70. The molecule has 0 saturated heterocycles. The topological polar surface area (TPSA) is 88.4 Å². The molecule has 23 heavy (non-hydrogen) atoms. The lowest BCUT2D eigenvalue weighted by Crippen LogP contribution is -2.24. The van der Waals surface area contributed by atoms with E-state index in [1.807, 2.05) is 13.8 Å². The fourth-order valence-corrected chi connectivity index (χ4v) is 2.70. The first kappa shape index (κ1) is 18.7. The zero-order chi connectivity index (χ0) is 17.8. The molecule has 0 aliphatic rings. The van der Waals surface area contributed by atoms with Gasteiger partial charge in [-0.15, -0.1) is 11.3 Å². The number of carbonyl (C=O) groups is 2. The molecule has 6 nitrogen and oxygen atoms in total. The van der Waals surface area contributed by atoms with Crippen molar-refractivity contribution in [3.63, 3.8) is 0 Å². The van der Waals surface area contributed by atoms with Crippen LogP contribution in [0.1, 0.15) is 41.6 Å². The second-order valence-corrected chi connectivity index (χ2v) is 7.02. The highest BCUT2D eigenvalue weighted by Crippen LogP contribution is 2.33. The van der Waals surface area contributed by atoms with Crippen LogP contribution in [-0.4, -0.2) is 24.6 Å². The van der Waals surface area contributed by atoms with E-state index in [0.717, 1.165) is 10.4 Å². The average molecular weight is 336 g/mol. The molecule has 0 fully saturated rings. The lowest BCUT2D eigenvalue weighted by molar-refractivity contribution is -0.149. The molecule has 1 aromatic rings. The SMILES string of the molecule is COC(=O)c1c(N/C=C(\C#N)C(=O)OC(C)(C)C)sc(C)c1C. The molecule has 0 aromatic carbocycles. The molecule has 0 bridgehead atoms. The maximum atomic E-state index is 11.9. The number of hydrogen-bond acceptors (Lipinski definition) is 7. The number of nitrogens with zero attached hydrogens (tertiary/aromatic N) is 1. The molecule has 0 amide bonds. The fraction of sp³-hybridized carbons (Fsp3) is 0.438. The number of nitrogens with one attached hydrogen (secondary N) is 1. The van der Waals surface area contributed by atoms with Gasteiger partial charge in [-0.3, -0.25) is 0 Å². The minimum atomic E-state index is -0.725. The van der Waals surface area contributed by atoms with E-state index in [4.69, 9.17) is 14.7 Å². The van der Waals surface area contributed by atoms with Crippen LogP contribution < -0.4 is 5.32 Å². The van der Waals surface area contributed by atoms with E-state index in [1.54, 1.807) is 26.8 Å². The largest absolute Gasteiger partial charge is 0.465 e. The van der Waals surface area contributed by atoms with Gasteiger partial charge < -0.3 is 14.8 Å². The zero-order valence-electron chi connectivity index (χ0n) is 14.1. The summed E-state index contributed by atoms with van der Waals surface area (Å²) in [5.74, 6) is -1.20. The fourth-order valence-electron chi connectivity index (χ4n) is 1.68. The minimum absolute atomic E-state index is 0.181. The van der Waals surface area contributed by atoms with Gasteiger partial charge in [0.25, 0.3) is 0 Å². The second-order valence-electron chi connectivity index (χ2n) is 5.79. The lowest BCUT2D eigenvalue weighted by Gasteiger charge is -2.18. The number of methoxy groups -OCH3 is 1. The maximum absolute atomic E-state index is 11.9. The van der Waals surface area contributed by atoms with Crippen LogP contribution in [0.2, 0.25) is 0 Å². The molecule has 0 spiro atoms. The number of carbonyl (C=O) groups excluding carboxylic acids is 2. The highest BCUT2D eigenvalue weighted by atomic mass is 32.1. The van der Waals surface area contributed by atoms with Gasteiger partial charge in [-0.25, -0.2) is 9.59 Å². The molecule has 0 aliphatic heterocycles. The molecule has 0 radical (unpaired) electrons. The van der Waals surface area contributed by atoms with Crippen molar-refractivity contribution in [1.82, 2.24) is 0 Å². The molecule has 0 unspecified atom stereocenters.